The second-order valence-electron chi connectivity index (χ2n) is 5.07. The Kier molecular flexibility index (Phi) is 4.72. The van der Waals surface area contributed by atoms with E-state index in [4.69, 9.17) is 9.47 Å². The first kappa shape index (κ1) is 15.9. The smallest absolute Gasteiger partial charge is 0.250 e. The van der Waals surface area contributed by atoms with Crippen LogP contribution in [0.5, 0.6) is 5.88 Å². The average Bonchev–Trinajstić information content (AvgIpc) is 3.03. The van der Waals surface area contributed by atoms with Crippen LogP contribution >= 0.6 is 0 Å². The van der Waals surface area contributed by atoms with Crippen molar-refractivity contribution in [3.8, 4) is 17.1 Å². The van der Waals surface area contributed by atoms with Gasteiger partial charge in [0.25, 0.3) is 0 Å². The van der Waals surface area contributed by atoms with E-state index in [-0.39, 0.29) is 12.5 Å². The van der Waals surface area contributed by atoms with Gasteiger partial charge in [0, 0.05) is 23.9 Å². The lowest BCUT2D eigenvalue weighted by atomic mass is 10.1. The van der Waals surface area contributed by atoms with Gasteiger partial charge < -0.3 is 14.8 Å². The van der Waals surface area contributed by atoms with E-state index in [1.807, 2.05) is 43.5 Å². The maximum atomic E-state index is 11.6. The molecular formula is C17H18N4O3. The fraction of sp³-hybridized carbons (Fsp3) is 0.235. The molecule has 3 aromatic rings. The number of ether oxygens (including phenoxy) is 2. The van der Waals surface area contributed by atoms with E-state index in [1.165, 1.54) is 0 Å². The van der Waals surface area contributed by atoms with Gasteiger partial charge >= 0.3 is 0 Å². The summed E-state index contributed by atoms with van der Waals surface area (Å²) < 4.78 is 11.9. The molecule has 124 valence electrons. The van der Waals surface area contributed by atoms with Gasteiger partial charge in [-0.25, -0.2) is 9.50 Å². The van der Waals surface area contributed by atoms with E-state index >= 15 is 0 Å². The van der Waals surface area contributed by atoms with Gasteiger partial charge in [-0.3, -0.25) is 4.79 Å². The predicted molar refractivity (Wildman–Crippen MR) is 90.1 cm³/mol. The highest BCUT2D eigenvalue weighted by molar-refractivity contribution is 5.91. The summed E-state index contributed by atoms with van der Waals surface area (Å²) in [5.41, 5.74) is 3.18. The maximum Gasteiger partial charge on any atom is 0.250 e. The number of aromatic nitrogens is 3. The molecule has 0 aliphatic rings. The number of benzene rings is 1. The van der Waals surface area contributed by atoms with Crippen LogP contribution in [0.15, 0.2) is 42.6 Å². The summed E-state index contributed by atoms with van der Waals surface area (Å²) in [5, 5.41) is 7.07. The zero-order chi connectivity index (χ0) is 16.9. The van der Waals surface area contributed by atoms with Crippen molar-refractivity contribution < 1.29 is 14.3 Å². The number of hydrogen-bond acceptors (Lipinski definition) is 5. The van der Waals surface area contributed by atoms with Crippen molar-refractivity contribution in [2.45, 2.75) is 6.92 Å². The Balaban J connectivity index is 1.76. The number of amides is 1. The summed E-state index contributed by atoms with van der Waals surface area (Å²) in [6, 6.07) is 11.1. The van der Waals surface area contributed by atoms with Crippen LogP contribution in [-0.2, 0) is 9.53 Å². The zero-order valence-corrected chi connectivity index (χ0v) is 13.5. The van der Waals surface area contributed by atoms with Crippen molar-refractivity contribution in [3.05, 3.63) is 42.6 Å². The summed E-state index contributed by atoms with van der Waals surface area (Å²) in [4.78, 5) is 16.2. The molecule has 1 N–H and O–H groups in total. The molecule has 0 saturated heterocycles. The molecule has 0 radical (unpaired) electrons. The Morgan fingerprint density at radius 1 is 1.21 bits per heavy atom. The molecule has 0 unspecified atom stereocenters. The first-order valence-electron chi connectivity index (χ1n) is 7.58. The molecule has 0 aliphatic carbocycles. The summed E-state index contributed by atoms with van der Waals surface area (Å²) in [7, 11) is 1.57. The fourth-order valence-corrected chi connectivity index (χ4v) is 2.23. The van der Waals surface area contributed by atoms with Gasteiger partial charge in [0.15, 0.2) is 5.65 Å². The van der Waals surface area contributed by atoms with Gasteiger partial charge in [-0.2, -0.15) is 0 Å². The number of anilines is 1. The number of nitrogens with zero attached hydrogens (tertiary/aromatic N) is 3. The minimum Gasteiger partial charge on any atom is -0.480 e. The Labute approximate surface area is 139 Å². The largest absolute Gasteiger partial charge is 0.480 e. The predicted octanol–water partition coefficient (Wildman–Crippen LogP) is 2.38. The molecule has 0 fully saturated rings. The second kappa shape index (κ2) is 7.10. The molecule has 2 aromatic heterocycles. The molecule has 7 nitrogen and oxygen atoms in total. The molecule has 0 atom stereocenters. The lowest BCUT2D eigenvalue weighted by molar-refractivity contribution is -0.120. The van der Waals surface area contributed by atoms with Crippen LogP contribution in [0.4, 0.5) is 5.69 Å². The van der Waals surface area contributed by atoms with Gasteiger partial charge in [0.2, 0.25) is 11.8 Å². The number of rotatable bonds is 6. The normalized spacial score (nSPS) is 10.8. The van der Waals surface area contributed by atoms with Gasteiger partial charge in [-0.05, 0) is 25.1 Å². The van der Waals surface area contributed by atoms with Crippen molar-refractivity contribution >= 4 is 17.2 Å². The maximum absolute atomic E-state index is 11.6. The molecule has 0 bridgehead atoms. The Bertz CT molecular complexity index is 843. The van der Waals surface area contributed by atoms with Gasteiger partial charge in [-0.15, -0.1) is 5.10 Å². The highest BCUT2D eigenvalue weighted by Crippen LogP contribution is 2.21. The lowest BCUT2D eigenvalue weighted by Crippen LogP contribution is -2.18. The van der Waals surface area contributed by atoms with Crippen molar-refractivity contribution in [2.24, 2.45) is 0 Å². The SMILES string of the molecule is CCOCC(=O)Nc1ccc(-c2cn3nc(OC)ccc3n2)cc1. The highest BCUT2D eigenvalue weighted by atomic mass is 16.5. The van der Waals surface area contributed by atoms with Crippen LogP contribution in [0.1, 0.15) is 6.92 Å². The first-order valence-corrected chi connectivity index (χ1v) is 7.58. The van der Waals surface area contributed by atoms with Crippen molar-refractivity contribution in [2.75, 3.05) is 25.6 Å². The minimum absolute atomic E-state index is 0.0538. The Morgan fingerprint density at radius 2 is 2.00 bits per heavy atom. The van der Waals surface area contributed by atoms with Crippen LogP contribution in [-0.4, -0.2) is 40.8 Å². The topological polar surface area (TPSA) is 77.8 Å². The number of fused-ring (bicyclic) bond motifs is 1. The molecule has 0 aliphatic heterocycles. The van der Waals surface area contributed by atoms with Crippen LogP contribution in [0.25, 0.3) is 16.9 Å². The molecule has 2 heterocycles. The van der Waals surface area contributed by atoms with Gasteiger partial charge in [-0.1, -0.05) is 12.1 Å². The van der Waals surface area contributed by atoms with Gasteiger partial charge in [0.1, 0.15) is 6.61 Å². The molecule has 3 rings (SSSR count). The van der Waals surface area contributed by atoms with E-state index in [2.05, 4.69) is 15.4 Å². The number of hydrogen-bond donors (Lipinski definition) is 1. The number of methoxy groups -OCH3 is 1. The summed E-state index contributed by atoms with van der Waals surface area (Å²) in [6.45, 7) is 2.42. The average molecular weight is 326 g/mol. The van der Waals surface area contributed by atoms with Crippen LogP contribution in [0.3, 0.4) is 0 Å². The van der Waals surface area contributed by atoms with Crippen LogP contribution < -0.4 is 10.1 Å². The molecular weight excluding hydrogens is 308 g/mol. The van der Waals surface area contributed by atoms with Crippen LogP contribution in [0, 0.1) is 0 Å². The van der Waals surface area contributed by atoms with Gasteiger partial charge in [0.05, 0.1) is 19.0 Å². The molecule has 1 aromatic carbocycles. The molecule has 0 saturated carbocycles. The number of nitrogens with one attached hydrogen (secondary N) is 1. The van der Waals surface area contributed by atoms with Crippen molar-refractivity contribution in [1.82, 2.24) is 14.6 Å². The van der Waals surface area contributed by atoms with E-state index in [0.29, 0.717) is 18.2 Å². The lowest BCUT2D eigenvalue weighted by Gasteiger charge is -2.05. The summed E-state index contributed by atoms with van der Waals surface area (Å²) in [5.74, 6) is 0.354. The third-order valence-corrected chi connectivity index (χ3v) is 3.41. The van der Waals surface area contributed by atoms with E-state index in [0.717, 1.165) is 16.9 Å². The first-order chi connectivity index (χ1) is 11.7. The van der Waals surface area contributed by atoms with Crippen LogP contribution in [0.2, 0.25) is 0 Å². The van der Waals surface area contributed by atoms with Crippen molar-refractivity contribution in [1.29, 1.82) is 0 Å². The van der Waals surface area contributed by atoms with E-state index in [1.54, 1.807) is 17.7 Å². The second-order valence-corrected chi connectivity index (χ2v) is 5.07. The quantitative estimate of drug-likeness (QED) is 0.752. The Morgan fingerprint density at radius 3 is 2.71 bits per heavy atom. The number of carbonyl (C=O) groups excluding carboxylic acids is 1. The zero-order valence-electron chi connectivity index (χ0n) is 13.5. The summed E-state index contributed by atoms with van der Waals surface area (Å²) in [6.07, 6.45) is 1.83. The number of carbonyl (C=O) groups is 1. The standard InChI is InChI=1S/C17H18N4O3/c1-3-24-11-16(22)18-13-6-4-12(5-7-13)14-10-21-15(19-14)8-9-17(20-21)23-2/h4-10H,3,11H2,1-2H3,(H,18,22). The Hall–Kier alpha value is -2.93. The van der Waals surface area contributed by atoms with E-state index in [9.17, 15) is 4.79 Å². The summed E-state index contributed by atoms with van der Waals surface area (Å²) >= 11 is 0. The molecule has 1 amide bonds. The third kappa shape index (κ3) is 3.52. The number of imidazole rings is 1. The van der Waals surface area contributed by atoms with Crippen molar-refractivity contribution in [3.63, 3.8) is 0 Å². The minimum atomic E-state index is -0.173. The fourth-order valence-electron chi connectivity index (χ4n) is 2.23. The molecule has 7 heteroatoms. The third-order valence-electron chi connectivity index (χ3n) is 3.41. The molecule has 0 spiro atoms. The highest BCUT2D eigenvalue weighted by Gasteiger charge is 2.07. The molecule has 24 heavy (non-hydrogen) atoms. The van der Waals surface area contributed by atoms with E-state index < -0.39 is 0 Å². The monoisotopic (exact) mass is 326 g/mol.